The summed E-state index contributed by atoms with van der Waals surface area (Å²) in [6.07, 6.45) is -11.9. The number of allylic oxidation sites excluding steroid dienone is 1. The van der Waals surface area contributed by atoms with E-state index in [0.29, 0.717) is 0 Å². The molecule has 11 heavy (non-hydrogen) atoms. The van der Waals surface area contributed by atoms with Crippen LogP contribution in [0.5, 0.6) is 0 Å². The highest BCUT2D eigenvalue weighted by molar-refractivity contribution is 5.08. The summed E-state index contributed by atoms with van der Waals surface area (Å²) < 4.78 is 77.9. The molecule has 0 fully saturated rings. The van der Waals surface area contributed by atoms with Crippen molar-refractivity contribution >= 4 is 0 Å². The van der Waals surface area contributed by atoms with Crippen LogP contribution in [0.3, 0.4) is 0 Å². The summed E-state index contributed by atoms with van der Waals surface area (Å²) in [6, 6.07) is 0. The Hall–Kier alpha value is -0.750. The number of rotatable bonds is 0. The average molecular weight is 181 g/mol. The van der Waals surface area contributed by atoms with Crippen molar-refractivity contribution in [1.29, 1.82) is 0 Å². The molecule has 1 radical (unpaired) electrons. The highest BCUT2D eigenvalue weighted by atomic mass is 19.4. The molecule has 0 nitrogen and oxygen atoms in total. The van der Waals surface area contributed by atoms with Gasteiger partial charge in [0.05, 0.1) is 0 Å². The zero-order chi connectivity index (χ0) is 9.28. The van der Waals surface area contributed by atoms with Gasteiger partial charge in [0.2, 0.25) is 0 Å². The number of halogens is 7. The molecule has 0 rings (SSSR count). The van der Waals surface area contributed by atoms with Crippen molar-refractivity contribution in [2.45, 2.75) is 12.4 Å². The maximum Gasteiger partial charge on any atom is 0.424 e. The second-order valence-electron chi connectivity index (χ2n) is 1.47. The smallest absolute Gasteiger partial charge is 0.203 e. The number of hydrogen-bond donors (Lipinski definition) is 0. The number of alkyl halides is 6. The van der Waals surface area contributed by atoms with Crippen LogP contribution >= 0.6 is 0 Å². The summed E-state index contributed by atoms with van der Waals surface area (Å²) in [4.78, 5) is 0. The van der Waals surface area contributed by atoms with E-state index in [0.717, 1.165) is 0 Å². The minimum atomic E-state index is -5.74. The average Bonchev–Trinajstić information content (AvgIpc) is 1.56. The van der Waals surface area contributed by atoms with Gasteiger partial charge in [0.25, 0.3) is 0 Å². The van der Waals surface area contributed by atoms with E-state index in [9.17, 15) is 30.7 Å². The normalized spacial score (nSPS) is 13.0. The predicted octanol–water partition coefficient (Wildman–Crippen LogP) is 2.77. The van der Waals surface area contributed by atoms with Gasteiger partial charge in [-0.15, -0.1) is 0 Å². The first-order valence-electron chi connectivity index (χ1n) is 2.07. The molecular weight excluding hydrogens is 181 g/mol. The van der Waals surface area contributed by atoms with Crippen LogP contribution in [0.4, 0.5) is 30.7 Å². The summed E-state index contributed by atoms with van der Waals surface area (Å²) in [5, 5.41) is 0. The second kappa shape index (κ2) is 2.71. The highest BCUT2D eigenvalue weighted by Gasteiger charge is 2.51. The van der Waals surface area contributed by atoms with Crippen LogP contribution in [0, 0.1) is 6.33 Å². The Morgan fingerprint density at radius 3 is 1.09 bits per heavy atom. The van der Waals surface area contributed by atoms with E-state index in [2.05, 4.69) is 0 Å². The fraction of sp³-hybridized carbons (Fsp3) is 0.500. The molecule has 0 spiro atoms. The van der Waals surface area contributed by atoms with Gasteiger partial charge < -0.3 is 0 Å². The number of hydrogen-bond acceptors (Lipinski definition) is 0. The first-order valence-corrected chi connectivity index (χ1v) is 2.07. The standard InChI is InChI=1S/C4F7/c5-1-2(3(6,7)8)4(9,10)11. The van der Waals surface area contributed by atoms with Gasteiger partial charge >= 0.3 is 12.4 Å². The third-order valence-corrected chi connectivity index (χ3v) is 0.661. The second-order valence-corrected chi connectivity index (χ2v) is 1.47. The van der Waals surface area contributed by atoms with Crippen LogP contribution in [0.25, 0.3) is 0 Å². The van der Waals surface area contributed by atoms with E-state index in [-0.39, 0.29) is 0 Å². The van der Waals surface area contributed by atoms with E-state index in [1.807, 2.05) is 0 Å². The van der Waals surface area contributed by atoms with Crippen LogP contribution in [0.1, 0.15) is 0 Å². The van der Waals surface area contributed by atoms with Gasteiger partial charge in [0, 0.05) is 0 Å². The monoisotopic (exact) mass is 181 g/mol. The van der Waals surface area contributed by atoms with E-state index in [1.54, 1.807) is 0 Å². The predicted molar refractivity (Wildman–Crippen MR) is 20.0 cm³/mol. The lowest BCUT2D eigenvalue weighted by molar-refractivity contribution is -0.174. The van der Waals surface area contributed by atoms with Crippen molar-refractivity contribution in [1.82, 2.24) is 0 Å². The lowest BCUT2D eigenvalue weighted by Crippen LogP contribution is -2.25. The molecule has 7 heteroatoms. The molecule has 0 aliphatic heterocycles. The zero-order valence-corrected chi connectivity index (χ0v) is 4.65. The van der Waals surface area contributed by atoms with Crippen molar-refractivity contribution < 1.29 is 30.7 Å². The molecule has 0 unspecified atom stereocenters. The van der Waals surface area contributed by atoms with Crippen LogP contribution in [-0.2, 0) is 0 Å². The molecule has 0 bridgehead atoms. The van der Waals surface area contributed by atoms with Gasteiger partial charge in [-0.2, -0.15) is 26.3 Å². The third kappa shape index (κ3) is 2.77. The van der Waals surface area contributed by atoms with E-state index < -0.39 is 24.3 Å². The minimum Gasteiger partial charge on any atom is -0.203 e. The summed E-state index contributed by atoms with van der Waals surface area (Å²) in [5.41, 5.74) is -3.26. The van der Waals surface area contributed by atoms with Crippen molar-refractivity contribution in [2.75, 3.05) is 0 Å². The third-order valence-electron chi connectivity index (χ3n) is 0.661. The molecule has 0 saturated carbocycles. The summed E-state index contributed by atoms with van der Waals surface area (Å²) in [5.74, 6) is 0. The Kier molecular flexibility index (Phi) is 2.52. The molecule has 0 saturated heterocycles. The van der Waals surface area contributed by atoms with Crippen molar-refractivity contribution in [3.8, 4) is 0 Å². The summed E-state index contributed by atoms with van der Waals surface area (Å²) >= 11 is 0. The van der Waals surface area contributed by atoms with Gasteiger partial charge in [-0.1, -0.05) is 0 Å². The Bertz CT molecular complexity index is 142. The quantitative estimate of drug-likeness (QED) is 0.504. The zero-order valence-electron chi connectivity index (χ0n) is 4.65. The van der Waals surface area contributed by atoms with Gasteiger partial charge in [0.15, 0.2) is 11.9 Å². The molecule has 0 heterocycles. The van der Waals surface area contributed by atoms with E-state index in [1.165, 1.54) is 0 Å². The fourth-order valence-electron chi connectivity index (χ4n) is 0.268. The molecule has 0 amide bonds. The fourth-order valence-corrected chi connectivity index (χ4v) is 0.268. The first-order chi connectivity index (χ1) is 4.69. The van der Waals surface area contributed by atoms with E-state index >= 15 is 0 Å². The maximum absolute atomic E-state index is 11.2. The molecule has 0 aliphatic carbocycles. The van der Waals surface area contributed by atoms with Crippen molar-refractivity contribution in [2.24, 2.45) is 0 Å². The van der Waals surface area contributed by atoms with Gasteiger partial charge in [-0.3, -0.25) is 0 Å². The van der Waals surface area contributed by atoms with Crippen LogP contribution in [0.2, 0.25) is 0 Å². The molecule has 0 atom stereocenters. The highest BCUT2D eigenvalue weighted by Crippen LogP contribution is 2.38. The molecule has 65 valence electrons. The van der Waals surface area contributed by atoms with Crippen LogP contribution in [-0.4, -0.2) is 12.4 Å². The molecule has 0 aromatic rings. The Labute approximate surface area is 56.3 Å². The van der Waals surface area contributed by atoms with Crippen molar-refractivity contribution in [3.63, 3.8) is 0 Å². The topological polar surface area (TPSA) is 0 Å². The van der Waals surface area contributed by atoms with Gasteiger partial charge in [-0.25, -0.2) is 4.39 Å². The molecule has 0 N–H and O–H groups in total. The van der Waals surface area contributed by atoms with E-state index in [4.69, 9.17) is 0 Å². The molecular formula is C4F7. The van der Waals surface area contributed by atoms with Gasteiger partial charge in [0.1, 0.15) is 0 Å². The minimum absolute atomic E-state index is 0.451. The summed E-state index contributed by atoms with van der Waals surface area (Å²) in [7, 11) is 0. The van der Waals surface area contributed by atoms with Crippen molar-refractivity contribution in [3.05, 3.63) is 11.9 Å². The molecule has 0 aromatic heterocycles. The lowest BCUT2D eigenvalue weighted by Gasteiger charge is -2.11. The summed E-state index contributed by atoms with van der Waals surface area (Å²) in [6.45, 7) is 0. The maximum atomic E-state index is 11.2. The Morgan fingerprint density at radius 2 is 1.09 bits per heavy atom. The Morgan fingerprint density at radius 1 is 0.818 bits per heavy atom. The first kappa shape index (κ1) is 10.2. The SMILES string of the molecule is F[C]=C(C(F)(F)F)C(F)(F)F. The van der Waals surface area contributed by atoms with Crippen LogP contribution in [0.15, 0.2) is 5.57 Å². The lowest BCUT2D eigenvalue weighted by atomic mass is 10.3. The molecule has 0 aliphatic rings. The largest absolute Gasteiger partial charge is 0.424 e. The Balaban J connectivity index is 4.74. The van der Waals surface area contributed by atoms with Gasteiger partial charge in [-0.05, 0) is 0 Å². The van der Waals surface area contributed by atoms with Crippen LogP contribution < -0.4 is 0 Å². The molecule has 0 aromatic carbocycles.